The van der Waals surface area contributed by atoms with Crippen LogP contribution in [0, 0.1) is 0 Å². The normalized spacial score (nSPS) is 10.3. The molecule has 2 N–H and O–H groups in total. The maximum atomic E-state index is 11.6. The first-order chi connectivity index (χ1) is 7.79. The van der Waals surface area contributed by atoms with Crippen molar-refractivity contribution in [3.8, 4) is 0 Å². The number of thiophene rings is 1. The van der Waals surface area contributed by atoms with Crippen LogP contribution in [0.2, 0.25) is 0 Å². The van der Waals surface area contributed by atoms with Gasteiger partial charge in [-0.15, -0.1) is 16.4 Å². The Balaban J connectivity index is 1.93. The van der Waals surface area contributed by atoms with E-state index < -0.39 is 0 Å². The highest BCUT2D eigenvalue weighted by atomic mass is 32.1. The second kappa shape index (κ2) is 4.89. The molecule has 1 amide bonds. The molecule has 0 saturated heterocycles. The third-order valence-corrected chi connectivity index (χ3v) is 2.95. The number of nitrogens with one attached hydrogen (secondary N) is 2. The minimum absolute atomic E-state index is 0.202. The molecule has 0 radical (unpaired) electrons. The number of aryl methyl sites for hydroxylation is 1. The first-order valence-electron chi connectivity index (χ1n) is 5.01. The molecule has 0 unspecified atom stereocenters. The fourth-order valence-electron chi connectivity index (χ4n) is 1.21. The minimum atomic E-state index is -0.246. The summed E-state index contributed by atoms with van der Waals surface area (Å²) in [5, 5.41) is 11.3. The Morgan fingerprint density at radius 2 is 2.50 bits per heavy atom. The summed E-state index contributed by atoms with van der Waals surface area (Å²) in [6.45, 7) is 2.47. The van der Waals surface area contributed by atoms with Crippen LogP contribution in [0.3, 0.4) is 0 Å². The fraction of sp³-hybridized carbons (Fsp3) is 0.300. The fourth-order valence-corrected chi connectivity index (χ4v) is 1.86. The number of hydrogen-bond donors (Lipinski definition) is 2. The van der Waals surface area contributed by atoms with Crippen LogP contribution in [0.5, 0.6) is 0 Å². The molecule has 0 aromatic carbocycles. The number of carbonyl (C=O) groups is 1. The van der Waals surface area contributed by atoms with Crippen LogP contribution in [-0.2, 0) is 13.0 Å². The molecule has 0 spiro atoms. The van der Waals surface area contributed by atoms with Crippen molar-refractivity contribution < 1.29 is 4.79 Å². The van der Waals surface area contributed by atoms with Gasteiger partial charge in [-0.25, -0.2) is 4.98 Å². The Bertz CT molecular complexity index is 463. The molecule has 5 nitrogen and oxygen atoms in total. The molecule has 84 valence electrons. The van der Waals surface area contributed by atoms with Crippen LogP contribution >= 0.6 is 11.3 Å². The van der Waals surface area contributed by atoms with Crippen molar-refractivity contribution >= 4 is 17.2 Å². The van der Waals surface area contributed by atoms with Crippen molar-refractivity contribution in [2.24, 2.45) is 0 Å². The van der Waals surface area contributed by atoms with Crippen LogP contribution < -0.4 is 5.32 Å². The summed E-state index contributed by atoms with van der Waals surface area (Å²) in [6, 6.07) is 3.93. The summed E-state index contributed by atoms with van der Waals surface area (Å²) in [7, 11) is 0. The van der Waals surface area contributed by atoms with Crippen LogP contribution in [0.25, 0.3) is 0 Å². The summed E-state index contributed by atoms with van der Waals surface area (Å²) in [5.41, 5.74) is 0. The van der Waals surface area contributed by atoms with E-state index in [0.29, 0.717) is 6.54 Å². The quantitative estimate of drug-likeness (QED) is 0.842. The molecular formula is C10H12N4OS. The molecule has 0 atom stereocenters. The average molecular weight is 236 g/mol. The van der Waals surface area contributed by atoms with Gasteiger partial charge in [-0.1, -0.05) is 13.0 Å². The Kier molecular flexibility index (Phi) is 3.31. The zero-order valence-corrected chi connectivity index (χ0v) is 9.67. The van der Waals surface area contributed by atoms with E-state index in [2.05, 4.69) is 20.5 Å². The van der Waals surface area contributed by atoms with Gasteiger partial charge in [-0.3, -0.25) is 9.89 Å². The van der Waals surface area contributed by atoms with Gasteiger partial charge in [0, 0.05) is 11.3 Å². The molecule has 2 heterocycles. The lowest BCUT2D eigenvalue weighted by atomic mass is 10.4. The van der Waals surface area contributed by atoms with Crippen molar-refractivity contribution in [3.63, 3.8) is 0 Å². The van der Waals surface area contributed by atoms with Crippen molar-refractivity contribution in [1.29, 1.82) is 0 Å². The highest BCUT2D eigenvalue weighted by Crippen LogP contribution is 2.07. The highest BCUT2D eigenvalue weighted by molar-refractivity contribution is 7.09. The first kappa shape index (κ1) is 10.8. The monoisotopic (exact) mass is 236 g/mol. The smallest absolute Gasteiger partial charge is 0.291 e. The lowest BCUT2D eigenvalue weighted by Crippen LogP contribution is -2.23. The molecule has 2 aromatic rings. The van der Waals surface area contributed by atoms with Gasteiger partial charge in [0.25, 0.3) is 5.91 Å². The molecule has 16 heavy (non-hydrogen) atoms. The van der Waals surface area contributed by atoms with Crippen LogP contribution in [-0.4, -0.2) is 21.1 Å². The van der Waals surface area contributed by atoms with Gasteiger partial charge in [0.2, 0.25) is 5.82 Å². The van der Waals surface area contributed by atoms with E-state index in [9.17, 15) is 4.79 Å². The van der Waals surface area contributed by atoms with E-state index in [1.807, 2.05) is 24.4 Å². The van der Waals surface area contributed by atoms with Gasteiger partial charge >= 0.3 is 0 Å². The predicted octanol–water partition coefficient (Wildman–Crippen LogP) is 1.36. The van der Waals surface area contributed by atoms with E-state index in [0.717, 1.165) is 17.1 Å². The Morgan fingerprint density at radius 1 is 1.62 bits per heavy atom. The van der Waals surface area contributed by atoms with E-state index in [1.54, 1.807) is 11.3 Å². The Morgan fingerprint density at radius 3 is 3.12 bits per heavy atom. The number of H-pyrrole nitrogens is 1. The molecule has 0 saturated carbocycles. The number of carbonyl (C=O) groups excluding carboxylic acids is 1. The van der Waals surface area contributed by atoms with Gasteiger partial charge in [-0.05, 0) is 11.4 Å². The third kappa shape index (κ3) is 2.46. The number of nitrogens with zero attached hydrogens (tertiary/aromatic N) is 2. The third-order valence-electron chi connectivity index (χ3n) is 2.07. The summed E-state index contributed by atoms with van der Waals surface area (Å²) >= 11 is 1.61. The largest absolute Gasteiger partial charge is 0.344 e. The first-order valence-corrected chi connectivity index (χ1v) is 5.89. The second-order valence-corrected chi connectivity index (χ2v) is 4.25. The van der Waals surface area contributed by atoms with E-state index in [4.69, 9.17) is 0 Å². The second-order valence-electron chi connectivity index (χ2n) is 3.22. The molecule has 0 fully saturated rings. The summed E-state index contributed by atoms with van der Waals surface area (Å²) in [6.07, 6.45) is 0.741. The number of aromatic amines is 1. The van der Waals surface area contributed by atoms with Gasteiger partial charge in [0.05, 0.1) is 6.54 Å². The van der Waals surface area contributed by atoms with Gasteiger partial charge in [0.1, 0.15) is 5.82 Å². The standard InChI is InChI=1S/C10H12N4OS/c1-2-8-12-9(14-13-8)10(15)11-6-7-4-3-5-16-7/h3-5H,2,6H2,1H3,(H,11,15)(H,12,13,14). The number of aromatic nitrogens is 3. The van der Waals surface area contributed by atoms with Crippen LogP contribution in [0.4, 0.5) is 0 Å². The molecule has 2 aromatic heterocycles. The molecule has 0 bridgehead atoms. The average Bonchev–Trinajstić information content (AvgIpc) is 2.96. The lowest BCUT2D eigenvalue weighted by molar-refractivity contribution is 0.0941. The van der Waals surface area contributed by atoms with Crippen molar-refractivity contribution in [3.05, 3.63) is 34.0 Å². The topological polar surface area (TPSA) is 70.7 Å². The van der Waals surface area contributed by atoms with E-state index in [-0.39, 0.29) is 11.7 Å². The maximum absolute atomic E-state index is 11.6. The molecular weight excluding hydrogens is 224 g/mol. The van der Waals surface area contributed by atoms with E-state index in [1.165, 1.54) is 0 Å². The Labute approximate surface area is 96.9 Å². The Hall–Kier alpha value is -1.69. The van der Waals surface area contributed by atoms with Crippen molar-refractivity contribution in [2.75, 3.05) is 0 Å². The molecule has 2 rings (SSSR count). The molecule has 0 aliphatic carbocycles. The number of rotatable bonds is 4. The molecule has 0 aliphatic heterocycles. The zero-order valence-electron chi connectivity index (χ0n) is 8.86. The lowest BCUT2D eigenvalue weighted by Gasteiger charge is -1.98. The predicted molar refractivity (Wildman–Crippen MR) is 61.2 cm³/mol. The van der Waals surface area contributed by atoms with Crippen LogP contribution in [0.15, 0.2) is 17.5 Å². The molecule has 0 aliphatic rings. The molecule has 6 heteroatoms. The SMILES string of the molecule is CCc1nc(C(=O)NCc2cccs2)n[nH]1. The summed E-state index contributed by atoms with van der Waals surface area (Å²) in [4.78, 5) is 16.8. The van der Waals surface area contributed by atoms with Gasteiger partial charge < -0.3 is 5.32 Å². The summed E-state index contributed by atoms with van der Waals surface area (Å²) < 4.78 is 0. The van der Waals surface area contributed by atoms with E-state index >= 15 is 0 Å². The van der Waals surface area contributed by atoms with Crippen LogP contribution in [0.1, 0.15) is 28.2 Å². The van der Waals surface area contributed by atoms with Gasteiger partial charge in [-0.2, -0.15) is 0 Å². The summed E-state index contributed by atoms with van der Waals surface area (Å²) in [5.74, 6) is 0.680. The maximum Gasteiger partial charge on any atom is 0.291 e. The van der Waals surface area contributed by atoms with Crippen molar-refractivity contribution in [2.45, 2.75) is 19.9 Å². The van der Waals surface area contributed by atoms with Gasteiger partial charge in [0.15, 0.2) is 0 Å². The number of hydrogen-bond acceptors (Lipinski definition) is 4. The highest BCUT2D eigenvalue weighted by Gasteiger charge is 2.11. The van der Waals surface area contributed by atoms with Crippen molar-refractivity contribution in [1.82, 2.24) is 20.5 Å². The minimum Gasteiger partial charge on any atom is -0.344 e. The zero-order chi connectivity index (χ0) is 11.4. The number of amides is 1.